The van der Waals surface area contributed by atoms with E-state index in [1.165, 1.54) is 0 Å². The molecule has 116 valence electrons. The molecule has 1 heterocycles. The molecule has 1 rings (SSSR count). The molecule has 0 aromatic rings. The SMILES string of the molecule is CCC(C)C1NC(=O)C(CC)N(C(C)C(C)(C)C)C1=O. The van der Waals surface area contributed by atoms with E-state index in [0.717, 1.165) is 6.42 Å². The number of piperazine rings is 1. The molecule has 0 aromatic carbocycles. The number of carbonyl (C=O) groups is 2. The third kappa shape index (κ3) is 3.15. The van der Waals surface area contributed by atoms with E-state index < -0.39 is 0 Å². The van der Waals surface area contributed by atoms with E-state index in [0.29, 0.717) is 6.42 Å². The second kappa shape index (κ2) is 6.15. The third-order valence-corrected chi connectivity index (χ3v) is 4.73. The summed E-state index contributed by atoms with van der Waals surface area (Å²) in [7, 11) is 0. The summed E-state index contributed by atoms with van der Waals surface area (Å²) in [4.78, 5) is 27.0. The zero-order chi connectivity index (χ0) is 15.7. The van der Waals surface area contributed by atoms with Crippen molar-refractivity contribution in [2.24, 2.45) is 11.3 Å². The fourth-order valence-electron chi connectivity index (χ4n) is 2.63. The van der Waals surface area contributed by atoms with Crippen LogP contribution in [-0.4, -0.2) is 34.8 Å². The number of nitrogens with one attached hydrogen (secondary N) is 1. The van der Waals surface area contributed by atoms with Crippen LogP contribution >= 0.6 is 0 Å². The molecule has 1 saturated heterocycles. The summed E-state index contributed by atoms with van der Waals surface area (Å²) in [6.45, 7) is 14.4. The minimum atomic E-state index is -0.375. The predicted molar refractivity (Wildman–Crippen MR) is 81.2 cm³/mol. The Bertz CT molecular complexity index is 373. The summed E-state index contributed by atoms with van der Waals surface area (Å²) in [5.74, 6) is 0.237. The van der Waals surface area contributed by atoms with Crippen molar-refractivity contribution < 1.29 is 9.59 Å². The molecular formula is C16H30N2O2. The van der Waals surface area contributed by atoms with Gasteiger partial charge in [0.15, 0.2) is 0 Å². The summed E-state index contributed by atoms with van der Waals surface area (Å²) < 4.78 is 0. The van der Waals surface area contributed by atoms with E-state index in [9.17, 15) is 9.59 Å². The summed E-state index contributed by atoms with van der Waals surface area (Å²) in [5, 5.41) is 2.92. The summed E-state index contributed by atoms with van der Waals surface area (Å²) in [5.41, 5.74) is -0.0410. The van der Waals surface area contributed by atoms with Gasteiger partial charge >= 0.3 is 0 Å². The highest BCUT2D eigenvalue weighted by Gasteiger charge is 2.45. The van der Waals surface area contributed by atoms with Gasteiger partial charge in [-0.2, -0.15) is 0 Å². The number of hydrogen-bond donors (Lipinski definition) is 1. The van der Waals surface area contributed by atoms with E-state index in [1.54, 1.807) is 0 Å². The maximum absolute atomic E-state index is 12.8. The van der Waals surface area contributed by atoms with Crippen LogP contribution < -0.4 is 5.32 Å². The predicted octanol–water partition coefficient (Wildman–Crippen LogP) is 2.57. The van der Waals surface area contributed by atoms with Crippen LogP contribution in [0.5, 0.6) is 0 Å². The van der Waals surface area contributed by atoms with Gasteiger partial charge in [0.2, 0.25) is 11.8 Å². The first-order valence-corrected chi connectivity index (χ1v) is 7.77. The van der Waals surface area contributed by atoms with E-state index in [-0.39, 0.29) is 41.3 Å². The summed E-state index contributed by atoms with van der Waals surface area (Å²) >= 11 is 0. The van der Waals surface area contributed by atoms with Crippen LogP contribution in [0.25, 0.3) is 0 Å². The van der Waals surface area contributed by atoms with Crippen LogP contribution in [0.1, 0.15) is 61.3 Å². The molecule has 0 bridgehead atoms. The molecule has 0 aromatic heterocycles. The quantitative estimate of drug-likeness (QED) is 0.861. The molecule has 1 N–H and O–H groups in total. The average molecular weight is 282 g/mol. The molecule has 4 heteroatoms. The third-order valence-electron chi connectivity index (χ3n) is 4.73. The lowest BCUT2D eigenvalue weighted by Gasteiger charge is -2.47. The van der Waals surface area contributed by atoms with Crippen molar-refractivity contribution in [2.75, 3.05) is 0 Å². The van der Waals surface area contributed by atoms with Gasteiger partial charge in [-0.25, -0.2) is 0 Å². The van der Waals surface area contributed by atoms with Crippen molar-refractivity contribution in [1.82, 2.24) is 10.2 Å². The summed E-state index contributed by atoms with van der Waals surface area (Å²) in [6, 6.07) is -0.672. The topological polar surface area (TPSA) is 49.4 Å². The molecular weight excluding hydrogens is 252 g/mol. The van der Waals surface area contributed by atoms with Crippen molar-refractivity contribution in [3.05, 3.63) is 0 Å². The van der Waals surface area contributed by atoms with E-state index in [1.807, 2.05) is 32.6 Å². The van der Waals surface area contributed by atoms with Crippen LogP contribution in [0.4, 0.5) is 0 Å². The minimum absolute atomic E-state index is 0.00602. The van der Waals surface area contributed by atoms with Crippen LogP contribution in [0.2, 0.25) is 0 Å². The molecule has 0 radical (unpaired) electrons. The van der Waals surface area contributed by atoms with Gasteiger partial charge in [-0.3, -0.25) is 9.59 Å². The zero-order valence-electron chi connectivity index (χ0n) is 14.0. The number of rotatable bonds is 4. The van der Waals surface area contributed by atoms with Crippen LogP contribution in [0.3, 0.4) is 0 Å². The second-order valence-electron chi connectivity index (χ2n) is 7.08. The van der Waals surface area contributed by atoms with Crippen molar-refractivity contribution in [3.63, 3.8) is 0 Å². The van der Waals surface area contributed by atoms with E-state index >= 15 is 0 Å². The Morgan fingerprint density at radius 3 is 2.15 bits per heavy atom. The van der Waals surface area contributed by atoms with Gasteiger partial charge in [-0.1, -0.05) is 48.0 Å². The average Bonchev–Trinajstić information content (AvgIpc) is 2.37. The maximum atomic E-state index is 12.8. The van der Waals surface area contributed by atoms with E-state index in [2.05, 4.69) is 26.1 Å². The van der Waals surface area contributed by atoms with Crippen molar-refractivity contribution >= 4 is 11.8 Å². The molecule has 1 aliphatic rings. The first kappa shape index (κ1) is 17.0. The Morgan fingerprint density at radius 2 is 1.75 bits per heavy atom. The fraction of sp³-hybridized carbons (Fsp3) is 0.875. The van der Waals surface area contributed by atoms with Crippen LogP contribution in [0, 0.1) is 11.3 Å². The second-order valence-corrected chi connectivity index (χ2v) is 7.08. The number of hydrogen-bond acceptors (Lipinski definition) is 2. The normalized spacial score (nSPS) is 27.2. The lowest BCUT2D eigenvalue weighted by molar-refractivity contribution is -0.156. The first-order chi connectivity index (χ1) is 9.15. The van der Waals surface area contributed by atoms with Gasteiger partial charge in [0, 0.05) is 6.04 Å². The van der Waals surface area contributed by atoms with Crippen molar-refractivity contribution in [3.8, 4) is 0 Å². The Balaban J connectivity index is 3.13. The molecule has 1 aliphatic heterocycles. The highest BCUT2D eigenvalue weighted by Crippen LogP contribution is 2.30. The molecule has 0 saturated carbocycles. The highest BCUT2D eigenvalue weighted by atomic mass is 16.2. The Hall–Kier alpha value is -1.06. The molecule has 2 amide bonds. The van der Waals surface area contributed by atoms with Crippen molar-refractivity contribution in [1.29, 1.82) is 0 Å². The van der Waals surface area contributed by atoms with Gasteiger partial charge in [0.25, 0.3) is 0 Å². The van der Waals surface area contributed by atoms with Gasteiger partial charge < -0.3 is 10.2 Å². The number of amides is 2. The van der Waals surface area contributed by atoms with Gasteiger partial charge in [0.1, 0.15) is 12.1 Å². The molecule has 0 spiro atoms. The Kier molecular flexibility index (Phi) is 5.22. The van der Waals surface area contributed by atoms with Gasteiger partial charge in [-0.05, 0) is 24.7 Å². The highest BCUT2D eigenvalue weighted by molar-refractivity contribution is 5.97. The maximum Gasteiger partial charge on any atom is 0.246 e. The lowest BCUT2D eigenvalue weighted by Crippen LogP contribution is -2.68. The first-order valence-electron chi connectivity index (χ1n) is 7.77. The molecule has 20 heavy (non-hydrogen) atoms. The van der Waals surface area contributed by atoms with Crippen molar-refractivity contribution in [2.45, 2.75) is 79.4 Å². The standard InChI is InChI=1S/C16H30N2O2/c1-8-10(3)13-15(20)18(11(4)16(5,6)7)12(9-2)14(19)17-13/h10-13H,8-9H2,1-7H3,(H,17,19). The number of nitrogens with zero attached hydrogens (tertiary/aromatic N) is 1. The Morgan fingerprint density at radius 1 is 1.20 bits per heavy atom. The van der Waals surface area contributed by atoms with Gasteiger partial charge in [-0.15, -0.1) is 0 Å². The lowest BCUT2D eigenvalue weighted by atomic mass is 9.83. The fourth-order valence-corrected chi connectivity index (χ4v) is 2.63. The molecule has 1 fully saturated rings. The molecule has 4 atom stereocenters. The van der Waals surface area contributed by atoms with Crippen LogP contribution in [-0.2, 0) is 9.59 Å². The van der Waals surface area contributed by atoms with E-state index in [4.69, 9.17) is 0 Å². The molecule has 4 nitrogen and oxygen atoms in total. The zero-order valence-corrected chi connectivity index (χ0v) is 14.0. The largest absolute Gasteiger partial charge is 0.342 e. The molecule has 0 aliphatic carbocycles. The molecule has 4 unspecified atom stereocenters. The monoisotopic (exact) mass is 282 g/mol. The smallest absolute Gasteiger partial charge is 0.246 e. The van der Waals surface area contributed by atoms with Crippen LogP contribution in [0.15, 0.2) is 0 Å². The minimum Gasteiger partial charge on any atom is -0.342 e. The number of carbonyl (C=O) groups excluding carboxylic acids is 2. The van der Waals surface area contributed by atoms with Gasteiger partial charge in [0.05, 0.1) is 0 Å². The Labute approximate surface area is 123 Å². The summed E-state index contributed by atoms with van der Waals surface area (Å²) in [6.07, 6.45) is 1.54.